The second kappa shape index (κ2) is 8.48. The molecular formula is C17H20N2O5S. The van der Waals surface area contributed by atoms with Gasteiger partial charge in [0.2, 0.25) is 0 Å². The molecule has 0 saturated carbocycles. The van der Waals surface area contributed by atoms with Gasteiger partial charge in [0.05, 0.1) is 19.9 Å². The molecule has 0 aliphatic rings. The molecule has 1 aromatic heterocycles. The van der Waals surface area contributed by atoms with Crippen molar-refractivity contribution in [3.8, 4) is 11.5 Å². The van der Waals surface area contributed by atoms with E-state index >= 15 is 0 Å². The number of rotatable bonds is 7. The van der Waals surface area contributed by atoms with E-state index in [9.17, 15) is 9.59 Å². The molecule has 1 heterocycles. The van der Waals surface area contributed by atoms with Gasteiger partial charge in [-0.05, 0) is 25.5 Å². The average molecular weight is 364 g/mol. The Labute approximate surface area is 149 Å². The number of nitrogens with one attached hydrogen (secondary N) is 1. The SMILES string of the molecule is CCc1nc(NC(=O)C(C)Oc2cccc(OC)c2)sc1C(=O)OC. The van der Waals surface area contributed by atoms with Crippen molar-refractivity contribution in [2.75, 3.05) is 19.5 Å². The third kappa shape index (κ3) is 4.69. The molecule has 2 aromatic rings. The van der Waals surface area contributed by atoms with Crippen LogP contribution in [0.1, 0.15) is 29.2 Å². The van der Waals surface area contributed by atoms with Crippen LogP contribution in [0.15, 0.2) is 24.3 Å². The first-order chi connectivity index (χ1) is 12.0. The smallest absolute Gasteiger partial charge is 0.350 e. The highest BCUT2D eigenvalue weighted by Crippen LogP contribution is 2.25. The minimum absolute atomic E-state index is 0.336. The van der Waals surface area contributed by atoms with Gasteiger partial charge in [0.25, 0.3) is 5.91 Å². The number of hydrogen-bond donors (Lipinski definition) is 1. The lowest BCUT2D eigenvalue weighted by atomic mass is 10.3. The van der Waals surface area contributed by atoms with E-state index in [1.54, 1.807) is 38.3 Å². The van der Waals surface area contributed by atoms with Gasteiger partial charge < -0.3 is 14.2 Å². The second-order valence-corrected chi connectivity index (χ2v) is 6.07. The molecule has 8 heteroatoms. The number of hydrogen-bond acceptors (Lipinski definition) is 7. The number of carbonyl (C=O) groups excluding carboxylic acids is 2. The van der Waals surface area contributed by atoms with Crippen molar-refractivity contribution in [3.05, 3.63) is 34.8 Å². The minimum atomic E-state index is -0.748. The number of aryl methyl sites for hydroxylation is 1. The quantitative estimate of drug-likeness (QED) is 0.760. The Morgan fingerprint density at radius 2 is 2.00 bits per heavy atom. The number of anilines is 1. The highest BCUT2D eigenvalue weighted by atomic mass is 32.1. The molecule has 1 N–H and O–H groups in total. The van der Waals surface area contributed by atoms with E-state index in [-0.39, 0.29) is 5.91 Å². The number of esters is 1. The van der Waals surface area contributed by atoms with Crippen molar-refractivity contribution in [1.82, 2.24) is 4.98 Å². The average Bonchev–Trinajstić information content (AvgIpc) is 3.03. The van der Waals surface area contributed by atoms with Crippen LogP contribution in [-0.4, -0.2) is 37.2 Å². The van der Waals surface area contributed by atoms with E-state index in [1.807, 2.05) is 6.92 Å². The third-order valence-corrected chi connectivity index (χ3v) is 4.35. The minimum Gasteiger partial charge on any atom is -0.497 e. The Hall–Kier alpha value is -2.61. The van der Waals surface area contributed by atoms with Crippen LogP contribution in [0.2, 0.25) is 0 Å². The summed E-state index contributed by atoms with van der Waals surface area (Å²) >= 11 is 1.08. The number of amides is 1. The van der Waals surface area contributed by atoms with Gasteiger partial charge in [-0.3, -0.25) is 10.1 Å². The first-order valence-electron chi connectivity index (χ1n) is 7.68. The highest BCUT2D eigenvalue weighted by molar-refractivity contribution is 7.17. The fraction of sp³-hybridized carbons (Fsp3) is 0.353. The maximum Gasteiger partial charge on any atom is 0.350 e. The lowest BCUT2D eigenvalue weighted by Gasteiger charge is -2.14. The number of nitrogens with zero attached hydrogens (tertiary/aromatic N) is 1. The molecule has 2 rings (SSSR count). The van der Waals surface area contributed by atoms with Gasteiger partial charge >= 0.3 is 5.97 Å². The van der Waals surface area contributed by atoms with E-state index < -0.39 is 12.1 Å². The van der Waals surface area contributed by atoms with Crippen molar-refractivity contribution in [2.45, 2.75) is 26.4 Å². The molecule has 1 unspecified atom stereocenters. The Morgan fingerprint density at radius 3 is 2.64 bits per heavy atom. The van der Waals surface area contributed by atoms with Gasteiger partial charge in [0.1, 0.15) is 16.4 Å². The van der Waals surface area contributed by atoms with Crippen LogP contribution in [0.4, 0.5) is 5.13 Å². The van der Waals surface area contributed by atoms with E-state index in [0.29, 0.717) is 33.6 Å². The first-order valence-corrected chi connectivity index (χ1v) is 8.49. The molecule has 0 spiro atoms. The zero-order chi connectivity index (χ0) is 18.4. The summed E-state index contributed by atoms with van der Waals surface area (Å²) in [6, 6.07) is 6.99. The second-order valence-electron chi connectivity index (χ2n) is 5.07. The summed E-state index contributed by atoms with van der Waals surface area (Å²) in [6.07, 6.45) is -0.185. The predicted octanol–water partition coefficient (Wildman–Crippen LogP) is 2.91. The van der Waals surface area contributed by atoms with E-state index in [0.717, 1.165) is 11.3 Å². The summed E-state index contributed by atoms with van der Waals surface area (Å²) in [5.41, 5.74) is 0.591. The third-order valence-electron chi connectivity index (χ3n) is 3.36. The maximum atomic E-state index is 12.3. The van der Waals surface area contributed by atoms with Crippen LogP contribution in [0, 0.1) is 0 Å². The molecule has 7 nitrogen and oxygen atoms in total. The lowest BCUT2D eigenvalue weighted by molar-refractivity contribution is -0.122. The molecule has 0 saturated heterocycles. The van der Waals surface area contributed by atoms with Crippen LogP contribution >= 0.6 is 11.3 Å². The highest BCUT2D eigenvalue weighted by Gasteiger charge is 2.21. The largest absolute Gasteiger partial charge is 0.497 e. The first kappa shape index (κ1) is 18.7. The fourth-order valence-corrected chi connectivity index (χ4v) is 3.01. The Morgan fingerprint density at radius 1 is 1.28 bits per heavy atom. The normalized spacial score (nSPS) is 11.5. The van der Waals surface area contributed by atoms with Gasteiger partial charge in [0, 0.05) is 6.07 Å². The van der Waals surface area contributed by atoms with Crippen molar-refractivity contribution < 1.29 is 23.8 Å². The van der Waals surface area contributed by atoms with Crippen LogP contribution in [0.25, 0.3) is 0 Å². The summed E-state index contributed by atoms with van der Waals surface area (Å²) in [5.74, 6) is 0.331. The van der Waals surface area contributed by atoms with Crippen LogP contribution in [-0.2, 0) is 16.0 Å². The van der Waals surface area contributed by atoms with Crippen molar-refractivity contribution >= 4 is 28.3 Å². The van der Waals surface area contributed by atoms with E-state index in [4.69, 9.17) is 14.2 Å². The summed E-state index contributed by atoms with van der Waals surface area (Å²) < 4.78 is 15.5. The molecule has 0 aliphatic heterocycles. The molecule has 0 bridgehead atoms. The van der Waals surface area contributed by atoms with Gasteiger partial charge in [-0.15, -0.1) is 0 Å². The summed E-state index contributed by atoms with van der Waals surface area (Å²) in [6.45, 7) is 3.51. The van der Waals surface area contributed by atoms with Crippen LogP contribution < -0.4 is 14.8 Å². The van der Waals surface area contributed by atoms with Crippen LogP contribution in [0.3, 0.4) is 0 Å². The summed E-state index contributed by atoms with van der Waals surface area (Å²) in [4.78, 5) is 28.7. The Bertz CT molecular complexity index is 759. The molecule has 0 radical (unpaired) electrons. The number of benzene rings is 1. The van der Waals surface area contributed by atoms with E-state index in [1.165, 1.54) is 7.11 Å². The van der Waals surface area contributed by atoms with Crippen LogP contribution in [0.5, 0.6) is 11.5 Å². The molecule has 0 fully saturated rings. The molecule has 1 amide bonds. The number of aromatic nitrogens is 1. The van der Waals surface area contributed by atoms with Crippen molar-refractivity contribution in [2.24, 2.45) is 0 Å². The summed E-state index contributed by atoms with van der Waals surface area (Å²) in [7, 11) is 2.87. The molecule has 134 valence electrons. The maximum absolute atomic E-state index is 12.3. The number of ether oxygens (including phenoxy) is 3. The standard InChI is InChI=1S/C17H20N2O5S/c1-5-13-14(16(21)23-4)25-17(18-13)19-15(20)10(2)24-12-8-6-7-11(9-12)22-3/h6-10H,5H2,1-4H3,(H,18,19,20). The lowest BCUT2D eigenvalue weighted by Crippen LogP contribution is -2.30. The number of methoxy groups -OCH3 is 2. The fourth-order valence-electron chi connectivity index (χ4n) is 2.04. The predicted molar refractivity (Wildman–Crippen MR) is 94.5 cm³/mol. The molecule has 25 heavy (non-hydrogen) atoms. The van der Waals surface area contributed by atoms with Crippen molar-refractivity contribution in [3.63, 3.8) is 0 Å². The Kier molecular flexibility index (Phi) is 6.35. The Balaban J connectivity index is 2.05. The summed E-state index contributed by atoms with van der Waals surface area (Å²) in [5, 5.41) is 3.01. The molecular weight excluding hydrogens is 344 g/mol. The number of carbonyl (C=O) groups is 2. The molecule has 0 aliphatic carbocycles. The topological polar surface area (TPSA) is 86.8 Å². The molecule has 1 aromatic carbocycles. The van der Waals surface area contributed by atoms with Gasteiger partial charge in [-0.25, -0.2) is 9.78 Å². The number of thiazole rings is 1. The van der Waals surface area contributed by atoms with Gasteiger partial charge in [-0.2, -0.15) is 0 Å². The van der Waals surface area contributed by atoms with Gasteiger partial charge in [0.15, 0.2) is 11.2 Å². The molecule has 1 atom stereocenters. The van der Waals surface area contributed by atoms with E-state index in [2.05, 4.69) is 10.3 Å². The zero-order valence-electron chi connectivity index (χ0n) is 14.5. The zero-order valence-corrected chi connectivity index (χ0v) is 15.3. The monoisotopic (exact) mass is 364 g/mol. The van der Waals surface area contributed by atoms with Gasteiger partial charge in [-0.1, -0.05) is 24.3 Å². The van der Waals surface area contributed by atoms with Crippen molar-refractivity contribution in [1.29, 1.82) is 0 Å².